The van der Waals surface area contributed by atoms with E-state index in [1.54, 1.807) is 24.3 Å². The number of carbonyl (C=O) groups excluding carboxylic acids is 1. The largest absolute Gasteiger partial charge is 0.598 e. The zero-order chi connectivity index (χ0) is 23.8. The van der Waals surface area contributed by atoms with Crippen LogP contribution in [0.5, 0.6) is 0 Å². The summed E-state index contributed by atoms with van der Waals surface area (Å²) in [6.45, 7) is -0.405. The normalized spacial score (nSPS) is 25.4. The summed E-state index contributed by atoms with van der Waals surface area (Å²) in [7, 11) is 0. The van der Waals surface area contributed by atoms with Crippen molar-refractivity contribution in [3.05, 3.63) is 59.7 Å². The van der Waals surface area contributed by atoms with Crippen LogP contribution in [0.4, 0.5) is 17.6 Å². The van der Waals surface area contributed by atoms with E-state index in [2.05, 4.69) is 4.72 Å². The van der Waals surface area contributed by atoms with Gasteiger partial charge < -0.3 is 14.2 Å². The number of alkyl halides is 2. The van der Waals surface area contributed by atoms with Gasteiger partial charge in [-0.1, -0.05) is 24.3 Å². The van der Waals surface area contributed by atoms with E-state index in [9.17, 15) is 26.9 Å². The lowest BCUT2D eigenvalue weighted by atomic mass is 9.96. The average molecular weight is 485 g/mol. The minimum absolute atomic E-state index is 0.0363. The van der Waals surface area contributed by atoms with E-state index < -0.39 is 59.6 Å². The van der Waals surface area contributed by atoms with Gasteiger partial charge >= 0.3 is 0 Å². The number of rotatable bonds is 6. The van der Waals surface area contributed by atoms with E-state index in [-0.39, 0.29) is 6.42 Å². The van der Waals surface area contributed by atoms with Crippen molar-refractivity contribution in [2.45, 2.75) is 43.4 Å². The highest BCUT2D eigenvalue weighted by Crippen LogP contribution is 2.36. The van der Waals surface area contributed by atoms with Crippen molar-refractivity contribution in [2.24, 2.45) is 0 Å². The summed E-state index contributed by atoms with van der Waals surface area (Å²) in [6.07, 6.45) is 1.67. The second-order valence-corrected chi connectivity index (χ2v) is 9.55. The van der Waals surface area contributed by atoms with Gasteiger partial charge in [-0.2, -0.15) is 0 Å². The Bertz CT molecular complexity index is 997. The molecule has 2 aliphatic rings. The number of likely N-dealkylation sites (tertiary alicyclic amines) is 1. The van der Waals surface area contributed by atoms with Crippen LogP contribution in [0.15, 0.2) is 42.5 Å². The highest BCUT2D eigenvalue weighted by molar-refractivity contribution is 7.88. The molecule has 2 aromatic rings. The molecule has 0 saturated carbocycles. The number of carbonyl (C=O) groups is 1. The molecule has 0 bridgehead atoms. The number of hydrogen-bond acceptors (Lipinski definition) is 4. The van der Waals surface area contributed by atoms with Crippen molar-refractivity contribution in [3.8, 4) is 11.1 Å². The van der Waals surface area contributed by atoms with E-state index in [1.807, 2.05) is 0 Å². The van der Waals surface area contributed by atoms with Gasteiger partial charge in [-0.05, 0) is 48.1 Å². The number of nitrogens with zero attached hydrogens (tertiary/aromatic N) is 1. The molecular formula is C23H24F4N2O3S. The van der Waals surface area contributed by atoms with E-state index in [0.29, 0.717) is 36.1 Å². The van der Waals surface area contributed by atoms with E-state index in [0.717, 1.165) is 11.0 Å². The maximum atomic E-state index is 14.9. The molecule has 2 heterocycles. The Hall–Kier alpha value is -2.14. The first kappa shape index (κ1) is 24.0. The molecule has 33 heavy (non-hydrogen) atoms. The molecule has 2 aromatic carbocycles. The minimum atomic E-state index is -3.30. The second-order valence-electron chi connectivity index (χ2n) is 8.41. The highest BCUT2D eigenvalue weighted by atomic mass is 32.2. The van der Waals surface area contributed by atoms with Crippen molar-refractivity contribution >= 4 is 17.3 Å². The number of amides is 1. The van der Waals surface area contributed by atoms with E-state index in [4.69, 9.17) is 4.74 Å². The Balaban J connectivity index is 1.65. The Morgan fingerprint density at radius 3 is 2.58 bits per heavy atom. The first-order valence-electron chi connectivity index (χ1n) is 10.6. The predicted octanol–water partition coefficient (Wildman–Crippen LogP) is 3.45. The van der Waals surface area contributed by atoms with E-state index >= 15 is 0 Å². The van der Waals surface area contributed by atoms with Crippen molar-refractivity contribution in [2.75, 3.05) is 19.4 Å². The van der Waals surface area contributed by atoms with Crippen molar-refractivity contribution in [1.82, 2.24) is 9.62 Å². The molecule has 0 aliphatic carbocycles. The molecule has 5 nitrogen and oxygen atoms in total. The van der Waals surface area contributed by atoms with Crippen LogP contribution in [0.3, 0.4) is 0 Å². The van der Waals surface area contributed by atoms with Gasteiger partial charge in [-0.25, -0.2) is 17.6 Å². The van der Waals surface area contributed by atoms with Crippen LogP contribution in [0.2, 0.25) is 0 Å². The topological polar surface area (TPSA) is 64.6 Å². The van der Waals surface area contributed by atoms with Crippen LogP contribution < -0.4 is 4.72 Å². The number of benzene rings is 2. The molecule has 2 aliphatic heterocycles. The molecule has 0 spiro atoms. The molecule has 2 saturated heterocycles. The van der Waals surface area contributed by atoms with Gasteiger partial charge in [0.1, 0.15) is 30.0 Å². The monoisotopic (exact) mass is 484 g/mol. The summed E-state index contributed by atoms with van der Waals surface area (Å²) in [5.41, 5.74) is 1.41. The van der Waals surface area contributed by atoms with Crippen LogP contribution in [-0.2, 0) is 27.3 Å². The number of ether oxygens (including phenoxy) is 1. The van der Waals surface area contributed by atoms with Crippen LogP contribution in [-0.4, -0.2) is 58.9 Å². The SMILES string of the molecule is C[S+]([O-])N[C@@H]1[C@H](Cc2cccc(-c3cc(F)cc(F)c3)c2)N(C(=O)[C@H]2CCCO2)CC1(F)F. The Kier molecular flexibility index (Phi) is 6.99. The fourth-order valence-corrected chi connectivity index (χ4v) is 5.20. The molecule has 4 rings (SSSR count). The summed E-state index contributed by atoms with van der Waals surface area (Å²) in [5, 5.41) is 0. The fraction of sp³-hybridized carbons (Fsp3) is 0.435. The van der Waals surface area contributed by atoms with Crippen molar-refractivity contribution in [3.63, 3.8) is 0 Å². The lowest BCUT2D eigenvalue weighted by Crippen LogP contribution is -2.52. The highest BCUT2D eigenvalue weighted by Gasteiger charge is 2.58. The van der Waals surface area contributed by atoms with Gasteiger partial charge in [-0.3, -0.25) is 4.79 Å². The third-order valence-electron chi connectivity index (χ3n) is 5.97. The third-order valence-corrected chi connectivity index (χ3v) is 6.56. The Morgan fingerprint density at radius 2 is 1.94 bits per heavy atom. The standard InChI is InChI=1S/C23H24F4N2O3S/c1-33(31)28-21-19(29(13-23(21,26)27)22(30)20-6-3-7-32-20)9-14-4-2-5-15(8-14)16-10-17(24)12-18(25)11-16/h2,4-5,8,10-12,19-21,28H,3,6-7,9,13H2,1H3/t19-,20+,21+,33?/m0/s1. The van der Waals surface area contributed by atoms with Gasteiger partial charge in [0.15, 0.2) is 0 Å². The smallest absolute Gasteiger partial charge is 0.286 e. The summed E-state index contributed by atoms with van der Waals surface area (Å²) >= 11 is -1.73. The Morgan fingerprint density at radius 1 is 1.21 bits per heavy atom. The quantitative estimate of drug-likeness (QED) is 0.504. The summed E-state index contributed by atoms with van der Waals surface area (Å²) < 4.78 is 76.9. The molecule has 1 amide bonds. The van der Waals surface area contributed by atoms with Crippen LogP contribution >= 0.6 is 0 Å². The van der Waals surface area contributed by atoms with Crippen LogP contribution in [0.25, 0.3) is 11.1 Å². The lowest BCUT2D eigenvalue weighted by Gasteiger charge is -2.29. The summed E-state index contributed by atoms with van der Waals surface area (Å²) in [5.74, 6) is -5.26. The van der Waals surface area contributed by atoms with Crippen LogP contribution in [0, 0.1) is 11.6 Å². The molecule has 2 fully saturated rings. The maximum Gasteiger partial charge on any atom is 0.286 e. The molecule has 1 unspecified atom stereocenters. The lowest BCUT2D eigenvalue weighted by molar-refractivity contribution is -0.143. The average Bonchev–Trinajstić information content (AvgIpc) is 3.35. The first-order valence-corrected chi connectivity index (χ1v) is 12.1. The summed E-state index contributed by atoms with van der Waals surface area (Å²) in [4.78, 5) is 14.1. The van der Waals surface area contributed by atoms with Gasteiger partial charge in [-0.15, -0.1) is 4.72 Å². The zero-order valence-corrected chi connectivity index (χ0v) is 18.7. The number of hydrogen-bond donors (Lipinski definition) is 1. The fourth-order valence-electron chi connectivity index (χ4n) is 4.51. The van der Waals surface area contributed by atoms with E-state index in [1.165, 1.54) is 18.4 Å². The van der Waals surface area contributed by atoms with Gasteiger partial charge in [0.05, 0.1) is 12.6 Å². The Labute approximate surface area is 192 Å². The zero-order valence-electron chi connectivity index (χ0n) is 17.9. The number of halogens is 4. The molecular weight excluding hydrogens is 460 g/mol. The molecule has 1 N–H and O–H groups in total. The molecule has 0 aromatic heterocycles. The van der Waals surface area contributed by atoms with Gasteiger partial charge in [0, 0.05) is 24.0 Å². The molecule has 10 heteroatoms. The summed E-state index contributed by atoms with van der Waals surface area (Å²) in [6, 6.07) is 7.30. The number of nitrogens with one attached hydrogen (secondary N) is 1. The van der Waals surface area contributed by atoms with Crippen LogP contribution in [0.1, 0.15) is 18.4 Å². The van der Waals surface area contributed by atoms with Gasteiger partial charge in [0.2, 0.25) is 0 Å². The van der Waals surface area contributed by atoms with Crippen molar-refractivity contribution < 1.29 is 31.6 Å². The predicted molar refractivity (Wildman–Crippen MR) is 116 cm³/mol. The second kappa shape index (κ2) is 9.61. The third kappa shape index (κ3) is 5.34. The minimum Gasteiger partial charge on any atom is -0.598 e. The maximum absolute atomic E-state index is 14.9. The first-order chi connectivity index (χ1) is 15.6. The molecule has 178 valence electrons. The van der Waals surface area contributed by atoms with Crippen molar-refractivity contribution in [1.29, 1.82) is 0 Å². The van der Waals surface area contributed by atoms with Gasteiger partial charge in [0.25, 0.3) is 11.8 Å². The molecule has 0 radical (unpaired) electrons. The molecule has 4 atom stereocenters.